The summed E-state index contributed by atoms with van der Waals surface area (Å²) in [5.74, 6) is 0.635. The molecule has 1 aromatic heterocycles. The normalized spacial score (nSPS) is 10.2. The lowest BCUT2D eigenvalue weighted by Crippen LogP contribution is -2.35. The van der Waals surface area contributed by atoms with E-state index < -0.39 is 0 Å². The fraction of sp³-hybridized carbons (Fsp3) is 0.500. The van der Waals surface area contributed by atoms with E-state index in [2.05, 4.69) is 0 Å². The lowest BCUT2D eigenvalue weighted by atomic mass is 10.3. The molecule has 1 aromatic rings. The molecular formula is C12H18N2O3S2. The first-order valence-electron chi connectivity index (χ1n) is 5.77. The van der Waals surface area contributed by atoms with Gasteiger partial charge in [0.2, 0.25) is 0 Å². The third-order valence-electron chi connectivity index (χ3n) is 2.50. The summed E-state index contributed by atoms with van der Waals surface area (Å²) >= 11 is 6.20. The van der Waals surface area contributed by atoms with E-state index in [9.17, 15) is 4.79 Å². The number of nitrogens with two attached hydrogens (primary N) is 1. The van der Waals surface area contributed by atoms with Gasteiger partial charge in [0, 0.05) is 38.1 Å². The number of rotatable bonds is 8. The van der Waals surface area contributed by atoms with E-state index in [1.54, 1.807) is 30.6 Å². The number of hydrogen-bond donors (Lipinski definition) is 1. The van der Waals surface area contributed by atoms with E-state index in [0.29, 0.717) is 41.7 Å². The van der Waals surface area contributed by atoms with Crippen LogP contribution in [0, 0.1) is 0 Å². The molecule has 0 saturated carbocycles. The second-order valence-corrected chi connectivity index (χ2v) is 5.29. The SMILES string of the molecule is COCCN(CCC(N)=S)C(=O)c1cc(OC)cs1. The molecule has 0 aromatic carbocycles. The molecule has 1 amide bonds. The van der Waals surface area contributed by atoms with Crippen molar-refractivity contribution in [3.63, 3.8) is 0 Å². The number of thiocarbonyl (C=S) groups is 1. The molecule has 0 aliphatic carbocycles. The second kappa shape index (κ2) is 8.08. The fourth-order valence-corrected chi connectivity index (χ4v) is 2.37. The van der Waals surface area contributed by atoms with E-state index in [-0.39, 0.29) is 5.91 Å². The van der Waals surface area contributed by atoms with Crippen molar-refractivity contribution in [3.05, 3.63) is 16.3 Å². The van der Waals surface area contributed by atoms with Crippen molar-refractivity contribution >= 4 is 34.5 Å². The number of amides is 1. The highest BCUT2D eigenvalue weighted by Crippen LogP contribution is 2.22. The van der Waals surface area contributed by atoms with Crippen molar-refractivity contribution in [1.29, 1.82) is 0 Å². The Balaban J connectivity index is 2.71. The van der Waals surface area contributed by atoms with Crippen LogP contribution < -0.4 is 10.5 Å². The van der Waals surface area contributed by atoms with Crippen LogP contribution in [0.5, 0.6) is 5.75 Å². The van der Waals surface area contributed by atoms with Gasteiger partial charge in [0.15, 0.2) is 0 Å². The summed E-state index contributed by atoms with van der Waals surface area (Å²) in [6.45, 7) is 1.49. The lowest BCUT2D eigenvalue weighted by molar-refractivity contribution is 0.0706. The van der Waals surface area contributed by atoms with Crippen LogP contribution in [-0.2, 0) is 4.74 Å². The predicted octanol–water partition coefficient (Wildman–Crippen LogP) is 1.52. The summed E-state index contributed by atoms with van der Waals surface area (Å²) in [5.41, 5.74) is 5.48. The number of ether oxygens (including phenoxy) is 2. The minimum atomic E-state index is -0.0541. The molecule has 0 unspecified atom stereocenters. The van der Waals surface area contributed by atoms with Crippen molar-refractivity contribution in [2.75, 3.05) is 33.9 Å². The highest BCUT2D eigenvalue weighted by molar-refractivity contribution is 7.80. The summed E-state index contributed by atoms with van der Waals surface area (Å²) in [6, 6.07) is 1.73. The molecule has 0 saturated heterocycles. The number of nitrogens with zero attached hydrogens (tertiary/aromatic N) is 1. The van der Waals surface area contributed by atoms with Crippen molar-refractivity contribution in [1.82, 2.24) is 4.90 Å². The van der Waals surface area contributed by atoms with E-state index >= 15 is 0 Å². The first-order chi connectivity index (χ1) is 9.08. The molecule has 0 spiro atoms. The molecule has 0 atom stereocenters. The van der Waals surface area contributed by atoms with Gasteiger partial charge in [-0.2, -0.15) is 0 Å². The van der Waals surface area contributed by atoms with E-state index in [4.69, 9.17) is 27.4 Å². The molecule has 0 aliphatic rings. The molecule has 1 rings (SSSR count). The molecule has 0 aliphatic heterocycles. The van der Waals surface area contributed by atoms with Crippen molar-refractivity contribution < 1.29 is 14.3 Å². The highest BCUT2D eigenvalue weighted by Gasteiger charge is 2.17. The van der Waals surface area contributed by atoms with Crippen molar-refractivity contribution in [2.45, 2.75) is 6.42 Å². The Morgan fingerprint density at radius 2 is 2.21 bits per heavy atom. The van der Waals surface area contributed by atoms with Gasteiger partial charge in [-0.1, -0.05) is 12.2 Å². The molecule has 106 valence electrons. The third-order valence-corrected chi connectivity index (χ3v) is 3.60. The van der Waals surface area contributed by atoms with E-state index in [0.717, 1.165) is 0 Å². The van der Waals surface area contributed by atoms with Crippen LogP contribution in [0.25, 0.3) is 0 Å². The third kappa shape index (κ3) is 5.14. The van der Waals surface area contributed by atoms with Crippen LogP contribution >= 0.6 is 23.6 Å². The second-order valence-electron chi connectivity index (χ2n) is 3.85. The molecule has 0 fully saturated rings. The Hall–Kier alpha value is -1.18. The predicted molar refractivity (Wildman–Crippen MR) is 80.1 cm³/mol. The zero-order valence-electron chi connectivity index (χ0n) is 11.0. The van der Waals surface area contributed by atoms with Gasteiger partial charge in [0.25, 0.3) is 5.91 Å². The summed E-state index contributed by atoms with van der Waals surface area (Å²) < 4.78 is 10.1. The largest absolute Gasteiger partial charge is 0.496 e. The quantitative estimate of drug-likeness (QED) is 0.738. The maximum absolute atomic E-state index is 12.3. The number of carbonyl (C=O) groups excluding carboxylic acids is 1. The van der Waals surface area contributed by atoms with Crippen LogP contribution in [0.2, 0.25) is 0 Å². The Labute approximate surface area is 122 Å². The summed E-state index contributed by atoms with van der Waals surface area (Å²) in [6.07, 6.45) is 0.507. The number of thiophene rings is 1. The van der Waals surface area contributed by atoms with Crippen LogP contribution in [0.15, 0.2) is 11.4 Å². The summed E-state index contributed by atoms with van der Waals surface area (Å²) in [4.78, 5) is 15.1. The van der Waals surface area contributed by atoms with Gasteiger partial charge in [0.1, 0.15) is 5.75 Å². The molecule has 7 heteroatoms. The number of carbonyl (C=O) groups is 1. The molecule has 5 nitrogen and oxygen atoms in total. The van der Waals surface area contributed by atoms with Crippen LogP contribution in [-0.4, -0.2) is 49.7 Å². The first-order valence-corrected chi connectivity index (χ1v) is 7.06. The highest BCUT2D eigenvalue weighted by atomic mass is 32.1. The van der Waals surface area contributed by atoms with Crippen molar-refractivity contribution in [3.8, 4) is 5.75 Å². The van der Waals surface area contributed by atoms with Gasteiger partial charge in [-0.05, 0) is 0 Å². The Morgan fingerprint density at radius 3 is 2.74 bits per heavy atom. The van der Waals surface area contributed by atoms with E-state index in [1.165, 1.54) is 11.3 Å². The van der Waals surface area contributed by atoms with Gasteiger partial charge in [-0.25, -0.2) is 0 Å². The van der Waals surface area contributed by atoms with Gasteiger partial charge in [-0.3, -0.25) is 4.79 Å². The van der Waals surface area contributed by atoms with Gasteiger partial charge >= 0.3 is 0 Å². The molecule has 19 heavy (non-hydrogen) atoms. The number of hydrogen-bond acceptors (Lipinski definition) is 5. The minimum Gasteiger partial charge on any atom is -0.496 e. The maximum atomic E-state index is 12.3. The monoisotopic (exact) mass is 302 g/mol. The minimum absolute atomic E-state index is 0.0541. The summed E-state index contributed by atoms with van der Waals surface area (Å²) in [5, 5.41) is 1.80. The first kappa shape index (κ1) is 15.9. The fourth-order valence-electron chi connectivity index (χ4n) is 1.46. The average molecular weight is 302 g/mol. The molecule has 0 radical (unpaired) electrons. The summed E-state index contributed by atoms with van der Waals surface area (Å²) in [7, 11) is 3.18. The molecule has 0 bridgehead atoms. The van der Waals surface area contributed by atoms with Gasteiger partial charge < -0.3 is 20.1 Å². The molecular weight excluding hydrogens is 284 g/mol. The molecule has 2 N–H and O–H groups in total. The average Bonchev–Trinajstić information content (AvgIpc) is 2.86. The maximum Gasteiger partial charge on any atom is 0.264 e. The lowest BCUT2D eigenvalue weighted by Gasteiger charge is -2.21. The standard InChI is InChI=1S/C12H18N2O3S2/c1-16-6-5-14(4-3-11(13)18)12(15)10-7-9(17-2)8-19-10/h7-8H,3-6H2,1-2H3,(H2,13,18). The zero-order chi connectivity index (χ0) is 14.3. The zero-order valence-corrected chi connectivity index (χ0v) is 12.7. The van der Waals surface area contributed by atoms with Gasteiger partial charge in [0.05, 0.1) is 23.6 Å². The van der Waals surface area contributed by atoms with Gasteiger partial charge in [-0.15, -0.1) is 11.3 Å². The topological polar surface area (TPSA) is 64.8 Å². The Bertz CT molecular complexity index is 434. The van der Waals surface area contributed by atoms with Crippen LogP contribution in [0.1, 0.15) is 16.1 Å². The Kier molecular flexibility index (Phi) is 6.75. The van der Waals surface area contributed by atoms with Crippen LogP contribution in [0.4, 0.5) is 0 Å². The molecule has 1 heterocycles. The Morgan fingerprint density at radius 1 is 1.47 bits per heavy atom. The van der Waals surface area contributed by atoms with Crippen LogP contribution in [0.3, 0.4) is 0 Å². The number of methoxy groups -OCH3 is 2. The smallest absolute Gasteiger partial charge is 0.264 e. The van der Waals surface area contributed by atoms with E-state index in [1.807, 2.05) is 0 Å². The van der Waals surface area contributed by atoms with Crippen molar-refractivity contribution in [2.24, 2.45) is 5.73 Å².